The Morgan fingerprint density at radius 1 is 1.50 bits per heavy atom. The van der Waals surface area contributed by atoms with Crippen molar-refractivity contribution in [3.63, 3.8) is 0 Å². The van der Waals surface area contributed by atoms with Gasteiger partial charge in [-0.05, 0) is 32.9 Å². The quantitative estimate of drug-likeness (QED) is 0.896. The van der Waals surface area contributed by atoms with E-state index in [9.17, 15) is 5.11 Å². The predicted octanol–water partition coefficient (Wildman–Crippen LogP) is 2.84. The van der Waals surface area contributed by atoms with Crippen LogP contribution >= 0.6 is 11.6 Å². The Balaban J connectivity index is 2.32. The first-order valence-corrected chi connectivity index (χ1v) is 6.61. The van der Waals surface area contributed by atoms with E-state index in [-0.39, 0.29) is 18.3 Å². The molecule has 1 aromatic rings. The van der Waals surface area contributed by atoms with Crippen molar-refractivity contribution in [1.29, 1.82) is 0 Å². The summed E-state index contributed by atoms with van der Waals surface area (Å²) in [6.07, 6.45) is 0.166. The maximum Gasteiger partial charge on any atom is 0.0805 e. The average molecular weight is 270 g/mol. The number of aliphatic hydroxyl groups is 1. The van der Waals surface area contributed by atoms with Gasteiger partial charge in [-0.15, -0.1) is 0 Å². The van der Waals surface area contributed by atoms with Gasteiger partial charge in [0, 0.05) is 29.4 Å². The molecule has 2 rings (SSSR count). The number of nitrogens with zero attached hydrogens (tertiary/aromatic N) is 1. The summed E-state index contributed by atoms with van der Waals surface area (Å²) in [6, 6.07) is 5.61. The Morgan fingerprint density at radius 2 is 2.22 bits per heavy atom. The maximum absolute atomic E-state index is 9.43. The molecule has 1 aliphatic rings. The lowest BCUT2D eigenvalue weighted by atomic mass is 10.0. The molecule has 1 aliphatic heterocycles. The number of rotatable bonds is 2. The molecule has 0 bridgehead atoms. The highest BCUT2D eigenvalue weighted by Gasteiger charge is 2.32. The molecule has 0 aromatic heterocycles. The zero-order valence-corrected chi connectivity index (χ0v) is 11.9. The van der Waals surface area contributed by atoms with Crippen LogP contribution in [0, 0.1) is 0 Å². The fourth-order valence-electron chi connectivity index (χ4n) is 2.60. The van der Waals surface area contributed by atoms with Gasteiger partial charge >= 0.3 is 0 Å². The van der Waals surface area contributed by atoms with Crippen molar-refractivity contribution >= 4 is 17.3 Å². The topological polar surface area (TPSA) is 32.7 Å². The highest BCUT2D eigenvalue weighted by Crippen LogP contribution is 2.30. The van der Waals surface area contributed by atoms with E-state index in [0.29, 0.717) is 5.02 Å². The third-order valence-corrected chi connectivity index (χ3v) is 3.36. The standard InChI is InChI=1S/C14H20ClNO2/c1-10-7-16(9-14(2,3)18-10)13-6-12(15)5-4-11(13)8-17/h4-6,10,17H,7-9H2,1-3H3. The molecule has 0 saturated carbocycles. The summed E-state index contributed by atoms with van der Waals surface area (Å²) >= 11 is 6.06. The van der Waals surface area contributed by atoms with Gasteiger partial charge in [-0.3, -0.25) is 0 Å². The van der Waals surface area contributed by atoms with Gasteiger partial charge < -0.3 is 14.7 Å². The highest BCUT2D eigenvalue weighted by atomic mass is 35.5. The second kappa shape index (κ2) is 5.08. The predicted molar refractivity (Wildman–Crippen MR) is 74.2 cm³/mol. The molecular weight excluding hydrogens is 250 g/mol. The molecule has 1 saturated heterocycles. The van der Waals surface area contributed by atoms with Gasteiger partial charge in [0.1, 0.15) is 0 Å². The second-order valence-corrected chi connectivity index (χ2v) is 5.94. The van der Waals surface area contributed by atoms with Crippen molar-refractivity contribution in [3.8, 4) is 0 Å². The van der Waals surface area contributed by atoms with Crippen LogP contribution in [0.25, 0.3) is 0 Å². The van der Waals surface area contributed by atoms with Gasteiger partial charge in [-0.1, -0.05) is 17.7 Å². The lowest BCUT2D eigenvalue weighted by molar-refractivity contribution is -0.0750. The number of ether oxygens (including phenoxy) is 1. The summed E-state index contributed by atoms with van der Waals surface area (Å²) in [5.74, 6) is 0. The highest BCUT2D eigenvalue weighted by molar-refractivity contribution is 6.30. The molecule has 0 spiro atoms. The molecule has 1 fully saturated rings. The van der Waals surface area contributed by atoms with E-state index in [1.807, 2.05) is 18.2 Å². The van der Waals surface area contributed by atoms with Crippen molar-refractivity contribution in [2.75, 3.05) is 18.0 Å². The molecule has 3 nitrogen and oxygen atoms in total. The molecule has 100 valence electrons. The van der Waals surface area contributed by atoms with Crippen LogP contribution < -0.4 is 4.90 Å². The minimum Gasteiger partial charge on any atom is -0.392 e. The third-order valence-electron chi connectivity index (χ3n) is 3.13. The summed E-state index contributed by atoms with van der Waals surface area (Å²) in [7, 11) is 0. The molecule has 0 aliphatic carbocycles. The Kier molecular flexibility index (Phi) is 3.85. The van der Waals surface area contributed by atoms with E-state index >= 15 is 0 Å². The average Bonchev–Trinajstić information content (AvgIpc) is 2.26. The molecule has 0 radical (unpaired) electrons. The molecule has 1 aromatic carbocycles. The Morgan fingerprint density at radius 3 is 2.83 bits per heavy atom. The fraction of sp³-hybridized carbons (Fsp3) is 0.571. The molecular formula is C14H20ClNO2. The van der Waals surface area contributed by atoms with E-state index in [2.05, 4.69) is 25.7 Å². The van der Waals surface area contributed by atoms with Crippen LogP contribution in [0.3, 0.4) is 0 Å². The van der Waals surface area contributed by atoms with Gasteiger partial charge in [-0.25, -0.2) is 0 Å². The molecule has 1 atom stereocenters. The number of morpholine rings is 1. The van der Waals surface area contributed by atoms with Gasteiger partial charge in [0.15, 0.2) is 0 Å². The normalized spacial score (nSPS) is 23.2. The first kappa shape index (κ1) is 13.7. The number of benzene rings is 1. The lowest BCUT2D eigenvalue weighted by Gasteiger charge is -2.43. The Hall–Kier alpha value is -0.770. The third kappa shape index (κ3) is 2.97. The summed E-state index contributed by atoms with van der Waals surface area (Å²) < 4.78 is 5.89. The van der Waals surface area contributed by atoms with Gasteiger partial charge in [0.25, 0.3) is 0 Å². The van der Waals surface area contributed by atoms with Crippen LogP contribution in [0.5, 0.6) is 0 Å². The van der Waals surface area contributed by atoms with Crippen molar-refractivity contribution in [2.45, 2.75) is 39.1 Å². The molecule has 4 heteroatoms. The fourth-order valence-corrected chi connectivity index (χ4v) is 2.77. The smallest absolute Gasteiger partial charge is 0.0805 e. The summed E-state index contributed by atoms with van der Waals surface area (Å²) in [5.41, 5.74) is 1.73. The first-order chi connectivity index (χ1) is 8.41. The van der Waals surface area contributed by atoms with Crippen molar-refractivity contribution in [3.05, 3.63) is 28.8 Å². The minimum absolute atomic E-state index is 0.0265. The SMILES string of the molecule is CC1CN(c2cc(Cl)ccc2CO)CC(C)(C)O1. The van der Waals surface area contributed by atoms with E-state index < -0.39 is 0 Å². The largest absolute Gasteiger partial charge is 0.392 e. The van der Waals surface area contributed by atoms with Crippen LogP contribution in [-0.4, -0.2) is 29.9 Å². The molecule has 1 unspecified atom stereocenters. The van der Waals surface area contributed by atoms with E-state index in [1.165, 1.54) is 0 Å². The Labute approximate surface area is 113 Å². The summed E-state index contributed by atoms with van der Waals surface area (Å²) in [6.45, 7) is 7.87. The van der Waals surface area contributed by atoms with Crippen molar-refractivity contribution < 1.29 is 9.84 Å². The summed E-state index contributed by atoms with van der Waals surface area (Å²) in [4.78, 5) is 2.24. The van der Waals surface area contributed by atoms with Crippen LogP contribution in [0.4, 0.5) is 5.69 Å². The molecule has 1 heterocycles. The first-order valence-electron chi connectivity index (χ1n) is 6.23. The van der Waals surface area contributed by atoms with E-state index in [4.69, 9.17) is 16.3 Å². The van der Waals surface area contributed by atoms with Crippen LogP contribution in [0.1, 0.15) is 26.3 Å². The zero-order valence-electron chi connectivity index (χ0n) is 11.1. The minimum atomic E-state index is -0.188. The number of aliphatic hydroxyl groups excluding tert-OH is 1. The number of halogens is 1. The molecule has 1 N–H and O–H groups in total. The maximum atomic E-state index is 9.43. The van der Waals surface area contributed by atoms with E-state index in [1.54, 1.807) is 0 Å². The van der Waals surface area contributed by atoms with Gasteiger partial charge in [0.05, 0.1) is 18.3 Å². The van der Waals surface area contributed by atoms with Crippen LogP contribution in [-0.2, 0) is 11.3 Å². The second-order valence-electron chi connectivity index (χ2n) is 5.50. The number of hydrogen-bond donors (Lipinski definition) is 1. The Bertz CT molecular complexity index is 434. The van der Waals surface area contributed by atoms with Crippen LogP contribution in [0.2, 0.25) is 5.02 Å². The van der Waals surface area contributed by atoms with Crippen LogP contribution in [0.15, 0.2) is 18.2 Å². The molecule has 0 amide bonds. The van der Waals surface area contributed by atoms with Crippen molar-refractivity contribution in [1.82, 2.24) is 0 Å². The monoisotopic (exact) mass is 269 g/mol. The number of anilines is 1. The van der Waals surface area contributed by atoms with Gasteiger partial charge in [-0.2, -0.15) is 0 Å². The van der Waals surface area contributed by atoms with Crippen molar-refractivity contribution in [2.24, 2.45) is 0 Å². The van der Waals surface area contributed by atoms with Gasteiger partial charge in [0.2, 0.25) is 0 Å². The number of hydrogen-bond acceptors (Lipinski definition) is 3. The van der Waals surface area contributed by atoms with E-state index in [0.717, 1.165) is 24.3 Å². The summed E-state index contributed by atoms with van der Waals surface area (Å²) in [5, 5.41) is 10.1. The lowest BCUT2D eigenvalue weighted by Crippen LogP contribution is -2.52. The zero-order chi connectivity index (χ0) is 13.3. The molecule has 18 heavy (non-hydrogen) atoms.